The van der Waals surface area contributed by atoms with Crippen LogP contribution in [0.5, 0.6) is 17.2 Å². The molecule has 2 rings (SSSR count). The lowest BCUT2D eigenvalue weighted by Gasteiger charge is -2.17. The summed E-state index contributed by atoms with van der Waals surface area (Å²) >= 11 is 0. The van der Waals surface area contributed by atoms with Gasteiger partial charge in [-0.05, 0) is 56.7 Å². The van der Waals surface area contributed by atoms with Crippen molar-refractivity contribution in [2.75, 3.05) is 26.1 Å². The Morgan fingerprint density at radius 1 is 1.07 bits per heavy atom. The van der Waals surface area contributed by atoms with Crippen molar-refractivity contribution < 1.29 is 27.4 Å². The van der Waals surface area contributed by atoms with E-state index in [0.717, 1.165) is 0 Å². The molecule has 0 aliphatic carbocycles. The maximum Gasteiger partial charge on any atom is 0.242 e. The fourth-order valence-corrected chi connectivity index (χ4v) is 3.90. The number of methoxy groups -OCH3 is 2. The summed E-state index contributed by atoms with van der Waals surface area (Å²) in [6.45, 7) is 5.55. The van der Waals surface area contributed by atoms with Crippen LogP contribution in [0, 0.1) is 6.92 Å². The monoisotopic (exact) mass is 422 g/mol. The van der Waals surface area contributed by atoms with Crippen LogP contribution in [0.2, 0.25) is 0 Å². The summed E-state index contributed by atoms with van der Waals surface area (Å²) in [5.41, 5.74) is 1.06. The van der Waals surface area contributed by atoms with Gasteiger partial charge in [-0.3, -0.25) is 4.79 Å². The summed E-state index contributed by atoms with van der Waals surface area (Å²) in [4.78, 5) is 12.6. The van der Waals surface area contributed by atoms with Crippen molar-refractivity contribution in [3.63, 3.8) is 0 Å². The van der Waals surface area contributed by atoms with Crippen molar-refractivity contribution in [3.05, 3.63) is 42.0 Å². The molecule has 2 aromatic rings. The molecular formula is C20H26N2O6S. The molecule has 29 heavy (non-hydrogen) atoms. The third-order valence-corrected chi connectivity index (χ3v) is 5.68. The molecule has 0 saturated heterocycles. The van der Waals surface area contributed by atoms with Gasteiger partial charge in [0.25, 0.3) is 0 Å². The summed E-state index contributed by atoms with van der Waals surface area (Å²) in [5, 5.41) is 2.66. The van der Waals surface area contributed by atoms with Crippen molar-refractivity contribution in [2.24, 2.45) is 0 Å². The number of aryl methyl sites for hydroxylation is 1. The highest BCUT2D eigenvalue weighted by atomic mass is 32.2. The highest BCUT2D eigenvalue weighted by Crippen LogP contribution is 2.29. The number of amides is 1. The molecule has 0 unspecified atom stereocenters. The Bertz CT molecular complexity index is 975. The first kappa shape index (κ1) is 22.5. The van der Waals surface area contributed by atoms with Gasteiger partial charge in [0.05, 0.1) is 37.5 Å². The topological polar surface area (TPSA) is 103 Å². The number of benzene rings is 2. The smallest absolute Gasteiger partial charge is 0.242 e. The van der Waals surface area contributed by atoms with E-state index >= 15 is 0 Å². The largest absolute Gasteiger partial charge is 0.497 e. The standard InChI is InChI=1S/C20H26N2O6S/c1-6-28-18-10-8-16(11-13(18)2)29(24,25)22-14(3)20(23)21-17-12-15(26-4)7-9-19(17)27-5/h7-12,14,22H,6H2,1-5H3,(H,21,23)/t14-/m1/s1. The molecule has 9 heteroatoms. The Balaban J connectivity index is 2.15. The van der Waals surface area contributed by atoms with E-state index in [9.17, 15) is 13.2 Å². The molecule has 0 radical (unpaired) electrons. The minimum Gasteiger partial charge on any atom is -0.497 e. The summed E-state index contributed by atoms with van der Waals surface area (Å²) in [6, 6.07) is 8.44. The molecule has 0 saturated carbocycles. The van der Waals surface area contributed by atoms with E-state index < -0.39 is 22.0 Å². The molecule has 0 spiro atoms. The van der Waals surface area contributed by atoms with E-state index in [4.69, 9.17) is 14.2 Å². The van der Waals surface area contributed by atoms with Gasteiger partial charge < -0.3 is 19.5 Å². The normalized spacial score (nSPS) is 12.2. The van der Waals surface area contributed by atoms with E-state index in [0.29, 0.717) is 35.1 Å². The number of carbonyl (C=O) groups is 1. The lowest BCUT2D eigenvalue weighted by Crippen LogP contribution is -2.41. The minimum absolute atomic E-state index is 0.0528. The lowest BCUT2D eigenvalue weighted by atomic mass is 10.2. The van der Waals surface area contributed by atoms with Gasteiger partial charge >= 0.3 is 0 Å². The first-order valence-electron chi connectivity index (χ1n) is 9.00. The predicted octanol–water partition coefficient (Wildman–Crippen LogP) is 2.72. The van der Waals surface area contributed by atoms with Gasteiger partial charge in [0.15, 0.2) is 0 Å². The summed E-state index contributed by atoms with van der Waals surface area (Å²) in [7, 11) is -0.929. The second-order valence-corrected chi connectivity index (χ2v) is 7.97. The van der Waals surface area contributed by atoms with Crippen LogP contribution in [-0.2, 0) is 14.8 Å². The molecule has 0 aromatic heterocycles. The minimum atomic E-state index is -3.90. The lowest BCUT2D eigenvalue weighted by molar-refractivity contribution is -0.117. The van der Waals surface area contributed by atoms with Gasteiger partial charge in [0.1, 0.15) is 17.2 Å². The van der Waals surface area contributed by atoms with E-state index in [1.807, 2.05) is 6.92 Å². The molecule has 0 aliphatic rings. The molecule has 158 valence electrons. The maximum absolute atomic E-state index is 12.7. The fraction of sp³-hybridized carbons (Fsp3) is 0.350. The van der Waals surface area contributed by atoms with Crippen LogP contribution in [0.25, 0.3) is 0 Å². The van der Waals surface area contributed by atoms with Gasteiger partial charge in [-0.2, -0.15) is 4.72 Å². The number of hydrogen-bond donors (Lipinski definition) is 2. The second-order valence-electron chi connectivity index (χ2n) is 6.26. The zero-order valence-corrected chi connectivity index (χ0v) is 17.9. The fourth-order valence-electron chi connectivity index (χ4n) is 2.61. The number of hydrogen-bond acceptors (Lipinski definition) is 6. The van der Waals surface area contributed by atoms with Gasteiger partial charge in [0, 0.05) is 6.07 Å². The van der Waals surface area contributed by atoms with Crippen LogP contribution < -0.4 is 24.2 Å². The Morgan fingerprint density at radius 3 is 2.34 bits per heavy atom. The van der Waals surface area contributed by atoms with Crippen LogP contribution in [0.1, 0.15) is 19.4 Å². The molecule has 0 aliphatic heterocycles. The number of carbonyl (C=O) groups excluding carboxylic acids is 1. The maximum atomic E-state index is 12.7. The van der Waals surface area contributed by atoms with Crippen molar-refractivity contribution in [3.8, 4) is 17.2 Å². The Morgan fingerprint density at radius 2 is 1.76 bits per heavy atom. The summed E-state index contributed by atoms with van der Waals surface area (Å²) in [5.74, 6) is 1.03. The van der Waals surface area contributed by atoms with E-state index in [1.165, 1.54) is 33.3 Å². The average Bonchev–Trinajstić information content (AvgIpc) is 2.69. The first-order chi connectivity index (χ1) is 13.7. The molecular weight excluding hydrogens is 396 g/mol. The van der Waals surface area contributed by atoms with E-state index in [-0.39, 0.29) is 4.90 Å². The Kier molecular flexibility index (Phi) is 7.46. The summed E-state index contributed by atoms with van der Waals surface area (Å²) < 4.78 is 43.5. The summed E-state index contributed by atoms with van der Waals surface area (Å²) in [6.07, 6.45) is 0. The van der Waals surface area contributed by atoms with Gasteiger partial charge in [-0.1, -0.05) is 0 Å². The van der Waals surface area contributed by atoms with Crippen LogP contribution in [0.3, 0.4) is 0 Å². The number of ether oxygens (including phenoxy) is 3. The number of nitrogens with one attached hydrogen (secondary N) is 2. The Hall–Kier alpha value is -2.78. The molecule has 0 heterocycles. The van der Waals surface area contributed by atoms with Gasteiger partial charge in [0.2, 0.25) is 15.9 Å². The number of rotatable bonds is 9. The van der Waals surface area contributed by atoms with Crippen LogP contribution >= 0.6 is 0 Å². The average molecular weight is 423 g/mol. The number of anilines is 1. The molecule has 0 fully saturated rings. The number of sulfonamides is 1. The van der Waals surface area contributed by atoms with Crippen molar-refractivity contribution >= 4 is 21.6 Å². The van der Waals surface area contributed by atoms with Crippen molar-refractivity contribution in [1.29, 1.82) is 0 Å². The quantitative estimate of drug-likeness (QED) is 0.644. The Labute approximate surface area is 171 Å². The highest BCUT2D eigenvalue weighted by Gasteiger charge is 2.23. The molecule has 2 N–H and O–H groups in total. The molecule has 1 amide bonds. The first-order valence-corrected chi connectivity index (χ1v) is 10.5. The molecule has 1 atom stereocenters. The predicted molar refractivity (Wildman–Crippen MR) is 110 cm³/mol. The van der Waals surface area contributed by atoms with Crippen LogP contribution in [-0.4, -0.2) is 41.2 Å². The third kappa shape index (κ3) is 5.61. The molecule has 8 nitrogen and oxygen atoms in total. The third-order valence-electron chi connectivity index (χ3n) is 4.15. The van der Waals surface area contributed by atoms with Crippen LogP contribution in [0.4, 0.5) is 5.69 Å². The van der Waals surface area contributed by atoms with Gasteiger partial charge in [-0.25, -0.2) is 8.42 Å². The zero-order chi connectivity index (χ0) is 21.6. The highest BCUT2D eigenvalue weighted by molar-refractivity contribution is 7.89. The van der Waals surface area contributed by atoms with Gasteiger partial charge in [-0.15, -0.1) is 0 Å². The van der Waals surface area contributed by atoms with Crippen molar-refractivity contribution in [1.82, 2.24) is 4.72 Å². The van der Waals surface area contributed by atoms with Crippen LogP contribution in [0.15, 0.2) is 41.3 Å². The zero-order valence-electron chi connectivity index (χ0n) is 17.1. The van der Waals surface area contributed by atoms with E-state index in [2.05, 4.69) is 10.0 Å². The molecule has 0 bridgehead atoms. The van der Waals surface area contributed by atoms with E-state index in [1.54, 1.807) is 31.2 Å². The second kappa shape index (κ2) is 9.62. The molecule has 2 aromatic carbocycles. The van der Waals surface area contributed by atoms with Crippen molar-refractivity contribution in [2.45, 2.75) is 31.7 Å². The SMILES string of the molecule is CCOc1ccc(S(=O)(=O)N[C@H](C)C(=O)Nc2cc(OC)ccc2OC)cc1C.